The number of hydrogen-bond acceptors (Lipinski definition) is 8. The fourth-order valence-corrected chi connectivity index (χ4v) is 18.8. The van der Waals surface area contributed by atoms with Gasteiger partial charge in [-0.05, 0) is 89.9 Å². The van der Waals surface area contributed by atoms with Crippen molar-refractivity contribution < 1.29 is 74.1 Å². The van der Waals surface area contributed by atoms with E-state index in [1.54, 1.807) is 9.80 Å². The van der Waals surface area contributed by atoms with Gasteiger partial charge >= 0.3 is 11.9 Å². The largest absolute Gasteiger partial charge is 1.00 e. The minimum absolute atomic E-state index is 0. The highest BCUT2D eigenvalue weighted by Crippen LogP contribution is 2.70. The number of esters is 2. The molecule has 6 aliphatic carbocycles. The van der Waals surface area contributed by atoms with E-state index in [-0.39, 0.29) is 59.6 Å². The molecule has 56 heavy (non-hydrogen) atoms. The number of halogens is 2. The van der Waals surface area contributed by atoms with E-state index in [2.05, 4.69) is 13.8 Å². The van der Waals surface area contributed by atoms with Crippen LogP contribution >= 0.6 is 0 Å². The molecule has 4 saturated carbocycles. The van der Waals surface area contributed by atoms with Crippen LogP contribution in [0.15, 0.2) is 22.3 Å². The Hall–Kier alpha value is -1.24. The van der Waals surface area contributed by atoms with Crippen LogP contribution in [0.25, 0.3) is 0 Å². The summed E-state index contributed by atoms with van der Waals surface area (Å²) in [5, 5.41) is 46.7. The second-order valence-electron chi connectivity index (χ2n) is 20.7. The molecule has 6 heterocycles. The maximum atomic E-state index is 12.9. The lowest BCUT2D eigenvalue weighted by Crippen LogP contribution is -3.28. The molecule has 10 fully saturated rings. The van der Waals surface area contributed by atoms with Crippen molar-refractivity contribution in [2.75, 3.05) is 14.2 Å². The highest BCUT2D eigenvalue weighted by molar-refractivity contribution is 5.93. The number of piperidine rings is 4. The summed E-state index contributed by atoms with van der Waals surface area (Å²) in [6.07, 6.45) is 15.7. The molecule has 312 valence electrons. The van der Waals surface area contributed by atoms with Crippen LogP contribution < -0.4 is 34.6 Å². The predicted octanol–water partition coefficient (Wildman–Crippen LogP) is -4.80. The molecule has 0 aromatic carbocycles. The van der Waals surface area contributed by atoms with Gasteiger partial charge in [0.15, 0.2) is 0 Å². The van der Waals surface area contributed by atoms with Crippen molar-refractivity contribution in [1.29, 1.82) is 0 Å². The minimum Gasteiger partial charge on any atom is -1.00 e. The van der Waals surface area contributed by atoms with Crippen LogP contribution in [0.2, 0.25) is 0 Å². The van der Waals surface area contributed by atoms with Gasteiger partial charge in [0.2, 0.25) is 0 Å². The molecule has 0 amide bonds. The zero-order chi connectivity index (χ0) is 37.4. The first kappa shape index (κ1) is 40.2. The molecule has 12 heteroatoms. The van der Waals surface area contributed by atoms with Crippen molar-refractivity contribution in [2.24, 2.45) is 47.3 Å². The number of hydrogen-bond donors (Lipinski definition) is 6. The van der Waals surface area contributed by atoms with E-state index in [1.807, 2.05) is 0 Å². The lowest BCUT2D eigenvalue weighted by molar-refractivity contribution is -0.996. The summed E-state index contributed by atoms with van der Waals surface area (Å²) >= 11 is 0. The van der Waals surface area contributed by atoms with Gasteiger partial charge in [0, 0.05) is 59.5 Å². The summed E-state index contributed by atoms with van der Waals surface area (Å²) < 4.78 is 10.4. The van der Waals surface area contributed by atoms with Gasteiger partial charge in [-0.15, -0.1) is 0 Å². The molecular formula is C44H64Cl2N2O8. The fourth-order valence-electron chi connectivity index (χ4n) is 18.8. The zero-order valence-corrected chi connectivity index (χ0v) is 35.1. The Bertz CT molecular complexity index is 1630. The topological polar surface area (TPSA) is 142 Å². The summed E-state index contributed by atoms with van der Waals surface area (Å²) in [6, 6.07) is 2.17. The van der Waals surface area contributed by atoms with Crippen molar-refractivity contribution in [2.45, 2.75) is 175 Å². The minimum atomic E-state index is -0.899. The van der Waals surface area contributed by atoms with E-state index in [9.17, 15) is 30.0 Å². The molecule has 0 aromatic rings. The highest BCUT2D eigenvalue weighted by Gasteiger charge is 2.85. The number of carbonyl (C=O) groups excluding carboxylic acids is 2. The fraction of sp³-hybridized carbons (Fsp3) is 0.864. The van der Waals surface area contributed by atoms with Gasteiger partial charge < -0.3 is 64.5 Å². The van der Waals surface area contributed by atoms with Gasteiger partial charge in [0.1, 0.15) is 22.3 Å². The summed E-state index contributed by atoms with van der Waals surface area (Å²) in [5.74, 6) is 1.62. The van der Waals surface area contributed by atoms with Crippen LogP contribution in [0.4, 0.5) is 0 Å². The summed E-state index contributed by atoms with van der Waals surface area (Å²) in [4.78, 5) is 29.2. The second kappa shape index (κ2) is 13.1. The highest BCUT2D eigenvalue weighted by atomic mass is 35.5. The van der Waals surface area contributed by atoms with Gasteiger partial charge in [-0.1, -0.05) is 25.7 Å². The number of nitrogens with one attached hydrogen (secondary N) is 2. The van der Waals surface area contributed by atoms with Crippen molar-refractivity contribution >= 4 is 11.9 Å². The molecule has 10 bridgehead atoms. The quantitative estimate of drug-likeness (QED) is 0.153. The third-order valence-corrected chi connectivity index (χ3v) is 19.6. The normalized spacial score (nSPS) is 55.4. The van der Waals surface area contributed by atoms with Gasteiger partial charge in [-0.2, -0.15) is 0 Å². The van der Waals surface area contributed by atoms with E-state index in [0.29, 0.717) is 59.0 Å². The number of quaternary nitrogens is 2. The molecule has 2 spiro atoms. The number of aliphatic hydroxyl groups excluding tert-OH is 2. The van der Waals surface area contributed by atoms with E-state index >= 15 is 0 Å². The first-order chi connectivity index (χ1) is 25.9. The molecule has 6 saturated heterocycles. The average molecular weight is 820 g/mol. The number of methoxy groups -OCH3 is 2. The number of fused-ring (bicyclic) bond motifs is 4. The lowest BCUT2D eigenvalue weighted by atomic mass is 9.53. The van der Waals surface area contributed by atoms with Crippen LogP contribution in [-0.2, 0) is 19.1 Å². The lowest BCUT2D eigenvalue weighted by Gasteiger charge is -2.61. The van der Waals surface area contributed by atoms with Gasteiger partial charge in [0.05, 0.1) is 61.7 Å². The number of ether oxygens (including phenoxy) is 2. The van der Waals surface area contributed by atoms with Gasteiger partial charge in [-0.3, -0.25) is 0 Å². The van der Waals surface area contributed by atoms with Crippen LogP contribution in [0.5, 0.6) is 0 Å². The van der Waals surface area contributed by atoms with Crippen LogP contribution in [0.3, 0.4) is 0 Å². The zero-order valence-electron chi connectivity index (χ0n) is 33.6. The van der Waals surface area contributed by atoms with Crippen molar-refractivity contribution in [3.05, 3.63) is 22.3 Å². The van der Waals surface area contributed by atoms with Crippen molar-refractivity contribution in [3.8, 4) is 0 Å². The number of carbonyl (C=O) groups is 2. The Labute approximate surface area is 344 Å². The standard InChI is InChI=1S/2C22H31NO4.2ClH/c2*1-11-7-8-15-16-9-12-10-21(15,26)19-17(20(25)27-2)18(24)13-5-3-4-6-14(13)22(12,19)23(11)16;;/h2*11-16,18,24,26H,3-10H2,1-2H3;2*1H/t2*11-,12-,13+,14+,15+,16+,18-,21+,22+;;/m00../s1. The second-order valence-corrected chi connectivity index (χ2v) is 20.7. The third kappa shape index (κ3) is 4.33. The van der Waals surface area contributed by atoms with Crippen molar-refractivity contribution in [1.82, 2.24) is 0 Å². The van der Waals surface area contributed by atoms with Crippen LogP contribution in [0.1, 0.15) is 117 Å². The first-order valence-electron chi connectivity index (χ1n) is 22.1. The molecule has 0 radical (unpaired) electrons. The van der Waals surface area contributed by atoms with E-state index < -0.39 is 35.3 Å². The van der Waals surface area contributed by atoms with E-state index in [1.165, 1.54) is 39.9 Å². The van der Waals surface area contributed by atoms with E-state index in [4.69, 9.17) is 9.47 Å². The van der Waals surface area contributed by atoms with Crippen LogP contribution in [-0.4, -0.2) is 105 Å². The Morgan fingerprint density at radius 3 is 1.34 bits per heavy atom. The van der Waals surface area contributed by atoms with Gasteiger partial charge in [-0.25, -0.2) is 9.59 Å². The smallest absolute Gasteiger partial charge is 0.336 e. The maximum absolute atomic E-state index is 12.9. The molecule has 12 rings (SSSR count). The summed E-state index contributed by atoms with van der Waals surface area (Å²) in [6.45, 7) is 4.74. The predicted molar refractivity (Wildman–Crippen MR) is 196 cm³/mol. The molecule has 20 atom stereocenters. The first-order valence-corrected chi connectivity index (χ1v) is 22.1. The van der Waals surface area contributed by atoms with E-state index in [0.717, 1.165) is 88.2 Å². The van der Waals surface area contributed by atoms with Gasteiger partial charge in [0.25, 0.3) is 0 Å². The molecule has 12 aliphatic rings. The Kier molecular flexibility index (Phi) is 9.42. The Morgan fingerprint density at radius 2 is 0.964 bits per heavy atom. The third-order valence-electron chi connectivity index (χ3n) is 19.6. The monoisotopic (exact) mass is 818 g/mol. The molecular weight excluding hydrogens is 755 g/mol. The summed E-state index contributed by atoms with van der Waals surface area (Å²) in [5.41, 5.74) is 0.692. The molecule has 10 nitrogen and oxygen atoms in total. The Balaban J connectivity index is 0.000000141. The Morgan fingerprint density at radius 1 is 0.589 bits per heavy atom. The molecule has 0 aromatic heterocycles. The molecule has 6 aliphatic heterocycles. The molecule has 2 unspecified atom stereocenters. The molecule has 6 N–H and O–H groups in total. The maximum Gasteiger partial charge on any atom is 0.336 e. The SMILES string of the molecule is COC(=O)C1=C2[C@@]3([C@H]4C[C@@H]5[C@@H](CC[C@H](C)[NH+]53)[C@]2(O)C4)[C@@H]2CCCC[C@H]2[C@@H]1O.COC(=O)C1=C2[C@@]3([C@H]4C[C@@H]5[C@@H](CC[C@H](C)[NH+]53)[C@]2(O)C4)[C@@H]2CCCC[C@H]2[C@@H]1O.[Cl-].[Cl-]. The van der Waals surface area contributed by atoms with Crippen molar-refractivity contribution in [3.63, 3.8) is 0 Å². The average Bonchev–Trinajstić information content (AvgIpc) is 3.77. The number of aliphatic hydroxyl groups is 4. The number of rotatable bonds is 2. The van der Waals surface area contributed by atoms with Crippen LogP contribution in [0, 0.1) is 47.3 Å². The summed E-state index contributed by atoms with van der Waals surface area (Å²) in [7, 11) is 2.82.